The van der Waals surface area contributed by atoms with E-state index in [9.17, 15) is 36.2 Å². The molecule has 164 valence electrons. The van der Waals surface area contributed by atoms with E-state index in [0.29, 0.717) is 18.1 Å². The number of carbonyl (C=O) groups excluding carboxylic acids is 1. The second-order valence-corrected chi connectivity index (χ2v) is 6.62. The van der Waals surface area contributed by atoms with E-state index < -0.39 is 35.6 Å². The lowest BCUT2D eigenvalue weighted by molar-refractivity contribution is -0.260. The SMILES string of the molecule is CCC(=O)NCc1ccc(NC[C@@](O)(c2cccc(C(F)(F)F)c2)C(F)(F)F)cc1. The van der Waals surface area contributed by atoms with Gasteiger partial charge in [-0.15, -0.1) is 0 Å². The molecule has 2 aromatic carbocycles. The van der Waals surface area contributed by atoms with Gasteiger partial charge in [-0.1, -0.05) is 31.2 Å². The Morgan fingerprint density at radius 3 is 2.10 bits per heavy atom. The van der Waals surface area contributed by atoms with E-state index in [-0.39, 0.29) is 24.2 Å². The molecule has 0 radical (unpaired) electrons. The zero-order chi connectivity index (χ0) is 22.6. The lowest BCUT2D eigenvalue weighted by Gasteiger charge is -2.32. The molecule has 0 fully saturated rings. The Kier molecular flexibility index (Phi) is 7.02. The van der Waals surface area contributed by atoms with Gasteiger partial charge in [0.15, 0.2) is 0 Å². The van der Waals surface area contributed by atoms with Crippen molar-refractivity contribution in [2.24, 2.45) is 0 Å². The number of hydrogen-bond donors (Lipinski definition) is 3. The summed E-state index contributed by atoms with van der Waals surface area (Å²) in [5.74, 6) is -0.159. The predicted molar refractivity (Wildman–Crippen MR) is 98.5 cm³/mol. The number of rotatable bonds is 7. The highest BCUT2D eigenvalue weighted by molar-refractivity contribution is 5.75. The number of benzene rings is 2. The van der Waals surface area contributed by atoms with Gasteiger partial charge in [0.1, 0.15) is 0 Å². The molecule has 0 aliphatic carbocycles. The predicted octanol–water partition coefficient (Wildman–Crippen LogP) is 4.59. The van der Waals surface area contributed by atoms with Crippen LogP contribution in [-0.4, -0.2) is 23.7 Å². The first-order valence-electron chi connectivity index (χ1n) is 8.93. The fourth-order valence-electron chi connectivity index (χ4n) is 2.61. The van der Waals surface area contributed by atoms with Crippen LogP contribution >= 0.6 is 0 Å². The van der Waals surface area contributed by atoms with E-state index in [1.165, 1.54) is 12.1 Å². The number of nitrogens with one attached hydrogen (secondary N) is 2. The molecular weight excluding hydrogens is 414 g/mol. The number of alkyl halides is 6. The van der Waals surface area contributed by atoms with Crippen molar-refractivity contribution >= 4 is 11.6 Å². The molecule has 10 heteroatoms. The van der Waals surface area contributed by atoms with Gasteiger partial charge >= 0.3 is 12.4 Å². The smallest absolute Gasteiger partial charge is 0.381 e. The molecule has 1 atom stereocenters. The molecule has 30 heavy (non-hydrogen) atoms. The van der Waals surface area contributed by atoms with Gasteiger partial charge in [-0.2, -0.15) is 26.3 Å². The molecule has 0 aromatic heterocycles. The molecule has 3 N–H and O–H groups in total. The van der Waals surface area contributed by atoms with E-state index in [2.05, 4.69) is 10.6 Å². The Hall–Kier alpha value is -2.75. The fraction of sp³-hybridized carbons (Fsp3) is 0.350. The summed E-state index contributed by atoms with van der Waals surface area (Å²) in [6.45, 7) is 0.835. The minimum absolute atomic E-state index is 0.159. The van der Waals surface area contributed by atoms with Gasteiger partial charge in [-0.05, 0) is 35.4 Å². The van der Waals surface area contributed by atoms with Crippen molar-refractivity contribution in [3.63, 3.8) is 0 Å². The van der Waals surface area contributed by atoms with Crippen LogP contribution in [0.4, 0.5) is 32.0 Å². The van der Waals surface area contributed by atoms with E-state index in [0.717, 1.165) is 12.1 Å². The van der Waals surface area contributed by atoms with Crippen molar-refractivity contribution in [2.75, 3.05) is 11.9 Å². The molecule has 4 nitrogen and oxygen atoms in total. The number of hydrogen-bond acceptors (Lipinski definition) is 3. The van der Waals surface area contributed by atoms with Gasteiger partial charge in [-0.25, -0.2) is 0 Å². The molecule has 1 amide bonds. The molecule has 0 saturated carbocycles. The highest BCUT2D eigenvalue weighted by atomic mass is 19.4. The second kappa shape index (κ2) is 8.95. The molecule has 0 unspecified atom stereocenters. The van der Waals surface area contributed by atoms with Gasteiger partial charge in [0, 0.05) is 18.7 Å². The Morgan fingerprint density at radius 2 is 1.57 bits per heavy atom. The summed E-state index contributed by atoms with van der Waals surface area (Å²) in [4.78, 5) is 11.3. The van der Waals surface area contributed by atoms with Crippen LogP contribution in [0.1, 0.15) is 30.0 Å². The van der Waals surface area contributed by atoms with Crippen LogP contribution in [0.25, 0.3) is 0 Å². The summed E-state index contributed by atoms with van der Waals surface area (Å²) in [7, 11) is 0. The van der Waals surface area contributed by atoms with Gasteiger partial charge in [0.05, 0.1) is 12.1 Å². The van der Waals surface area contributed by atoms with Gasteiger partial charge < -0.3 is 15.7 Å². The van der Waals surface area contributed by atoms with Gasteiger partial charge in [0.2, 0.25) is 11.5 Å². The number of amides is 1. The average Bonchev–Trinajstić information content (AvgIpc) is 2.69. The third-order valence-electron chi connectivity index (χ3n) is 4.45. The zero-order valence-corrected chi connectivity index (χ0v) is 15.9. The summed E-state index contributed by atoms with van der Waals surface area (Å²) in [5.41, 5.74) is -4.83. The highest BCUT2D eigenvalue weighted by Crippen LogP contribution is 2.41. The summed E-state index contributed by atoms with van der Waals surface area (Å²) in [6, 6.07) is 8.54. The normalized spacial score (nSPS) is 14.1. The van der Waals surface area contributed by atoms with Crippen LogP contribution in [0.15, 0.2) is 48.5 Å². The zero-order valence-electron chi connectivity index (χ0n) is 15.9. The number of carbonyl (C=O) groups is 1. The molecular formula is C20H20F6N2O2. The standard InChI is InChI=1S/C20H20F6N2O2/c1-2-17(29)27-11-13-6-8-16(9-7-13)28-12-18(30,20(24,25)26)14-4-3-5-15(10-14)19(21,22)23/h3-10,28,30H,2,11-12H2,1H3,(H,27,29)/t18-/m1/s1. The van der Waals surface area contributed by atoms with Gasteiger partial charge in [-0.3, -0.25) is 4.79 Å². The number of anilines is 1. The van der Waals surface area contributed by atoms with E-state index >= 15 is 0 Å². The van der Waals surface area contributed by atoms with Crippen molar-refractivity contribution in [3.05, 3.63) is 65.2 Å². The average molecular weight is 434 g/mol. The Labute approximate surface area is 168 Å². The second-order valence-electron chi connectivity index (χ2n) is 6.62. The van der Waals surface area contributed by atoms with Crippen LogP contribution in [0, 0.1) is 0 Å². The first-order chi connectivity index (χ1) is 13.9. The summed E-state index contributed by atoms with van der Waals surface area (Å²) in [5, 5.41) is 15.4. The van der Waals surface area contributed by atoms with Crippen LogP contribution in [-0.2, 0) is 23.1 Å². The highest BCUT2D eigenvalue weighted by Gasteiger charge is 2.55. The molecule has 0 aliphatic rings. The summed E-state index contributed by atoms with van der Waals surface area (Å²) in [6.07, 6.45) is -9.77. The maximum atomic E-state index is 13.6. The first-order valence-corrected chi connectivity index (χ1v) is 8.93. The molecule has 2 rings (SSSR count). The third-order valence-corrected chi connectivity index (χ3v) is 4.45. The Bertz CT molecular complexity index is 865. The first kappa shape index (κ1) is 23.5. The van der Waals surface area contributed by atoms with Crippen LogP contribution < -0.4 is 10.6 Å². The van der Waals surface area contributed by atoms with Crippen molar-refractivity contribution < 1.29 is 36.2 Å². The molecule has 0 spiro atoms. The lowest BCUT2D eigenvalue weighted by Crippen LogP contribution is -2.47. The molecule has 2 aromatic rings. The van der Waals surface area contributed by atoms with Crippen molar-refractivity contribution in [3.8, 4) is 0 Å². The quantitative estimate of drug-likeness (QED) is 0.559. The topological polar surface area (TPSA) is 61.4 Å². The number of aliphatic hydroxyl groups is 1. The van der Waals surface area contributed by atoms with Gasteiger partial charge in [0.25, 0.3) is 0 Å². The van der Waals surface area contributed by atoms with E-state index in [1.807, 2.05) is 0 Å². The van der Waals surface area contributed by atoms with Crippen LogP contribution in [0.3, 0.4) is 0 Å². The molecule has 0 saturated heterocycles. The fourth-order valence-corrected chi connectivity index (χ4v) is 2.61. The maximum Gasteiger partial charge on any atom is 0.423 e. The van der Waals surface area contributed by atoms with E-state index in [4.69, 9.17) is 0 Å². The van der Waals surface area contributed by atoms with Crippen LogP contribution in [0.5, 0.6) is 0 Å². The van der Waals surface area contributed by atoms with Crippen molar-refractivity contribution in [1.29, 1.82) is 0 Å². The maximum absolute atomic E-state index is 13.6. The lowest BCUT2D eigenvalue weighted by atomic mass is 9.91. The molecule has 0 bridgehead atoms. The van der Waals surface area contributed by atoms with Crippen molar-refractivity contribution in [2.45, 2.75) is 37.8 Å². The minimum atomic E-state index is -5.23. The third kappa shape index (κ3) is 5.65. The summed E-state index contributed by atoms with van der Waals surface area (Å²) >= 11 is 0. The van der Waals surface area contributed by atoms with E-state index in [1.54, 1.807) is 19.1 Å². The number of halogens is 6. The Morgan fingerprint density at radius 1 is 0.967 bits per heavy atom. The molecule has 0 aliphatic heterocycles. The summed E-state index contributed by atoms with van der Waals surface area (Å²) < 4.78 is 79.4. The monoisotopic (exact) mass is 434 g/mol. The largest absolute Gasteiger partial charge is 0.423 e. The van der Waals surface area contributed by atoms with Crippen LogP contribution in [0.2, 0.25) is 0 Å². The van der Waals surface area contributed by atoms with Crippen molar-refractivity contribution in [1.82, 2.24) is 5.32 Å². The Balaban J connectivity index is 2.19. The minimum Gasteiger partial charge on any atom is -0.381 e. The molecule has 0 heterocycles.